The number of benzene rings is 2. The van der Waals surface area contributed by atoms with Crippen molar-refractivity contribution in [2.45, 2.75) is 65.8 Å². The number of amides is 1. The van der Waals surface area contributed by atoms with Crippen LogP contribution in [0.5, 0.6) is 23.3 Å². The molecule has 1 amide bonds. The molecule has 0 bridgehead atoms. The van der Waals surface area contributed by atoms with E-state index in [1.54, 1.807) is 70.5 Å². The third-order valence-corrected chi connectivity index (χ3v) is 9.94. The van der Waals surface area contributed by atoms with Gasteiger partial charge in [0.05, 0.1) is 37.2 Å². The molecule has 2 aromatic carbocycles. The molecule has 58 heavy (non-hydrogen) atoms. The Labute approximate surface area is 337 Å². The maximum Gasteiger partial charge on any atom is 0.410 e. The first-order chi connectivity index (χ1) is 27.6. The Morgan fingerprint density at radius 2 is 1.50 bits per heavy atom. The van der Waals surface area contributed by atoms with Crippen molar-refractivity contribution in [2.75, 3.05) is 46.0 Å². The number of nitrogens with one attached hydrogen (secondary N) is 1. The van der Waals surface area contributed by atoms with Crippen LogP contribution in [0.15, 0.2) is 59.7 Å². The van der Waals surface area contributed by atoms with Crippen LogP contribution in [0.25, 0.3) is 33.8 Å². The fraction of sp³-hybridized carbons (Fsp3) is 0.452. The SMILES string of the molecule is C.CC(C)(C)OC(=O)N1CC(COc2nc(-c3ccc(O)cc3)nc3c2cnn3C2CCCCO2)C1.Oc1ccc(-c2nc3c(c(OCC4CNC4)n2)C=NC3)cc1. The van der Waals surface area contributed by atoms with E-state index >= 15 is 0 Å². The molecule has 5 aromatic rings. The van der Waals surface area contributed by atoms with Crippen molar-refractivity contribution in [2.24, 2.45) is 16.8 Å². The molecule has 16 nitrogen and oxygen atoms in total. The minimum absolute atomic E-state index is 0. The average Bonchev–Trinajstić information content (AvgIpc) is 3.82. The van der Waals surface area contributed by atoms with E-state index in [1.807, 2.05) is 20.8 Å². The first-order valence-electron chi connectivity index (χ1n) is 19.4. The first kappa shape index (κ1) is 40.3. The van der Waals surface area contributed by atoms with Crippen molar-refractivity contribution in [3.8, 4) is 46.0 Å². The predicted octanol–water partition coefficient (Wildman–Crippen LogP) is 6.16. The van der Waals surface area contributed by atoms with E-state index in [1.165, 1.54) is 0 Å². The van der Waals surface area contributed by atoms with E-state index < -0.39 is 5.60 Å². The highest BCUT2D eigenvalue weighted by atomic mass is 16.6. The van der Waals surface area contributed by atoms with Crippen molar-refractivity contribution < 1.29 is 34.0 Å². The molecule has 3 aromatic heterocycles. The van der Waals surface area contributed by atoms with Crippen LogP contribution in [0.1, 0.15) is 64.9 Å². The van der Waals surface area contributed by atoms with Gasteiger partial charge in [0.25, 0.3) is 0 Å². The molecule has 7 heterocycles. The number of carbonyl (C=O) groups excluding carboxylic acids is 1. The summed E-state index contributed by atoms with van der Waals surface area (Å²) in [5.74, 6) is 3.24. The van der Waals surface area contributed by atoms with Gasteiger partial charge >= 0.3 is 6.09 Å². The number of nitrogens with zero attached hydrogens (tertiary/aromatic N) is 8. The zero-order chi connectivity index (χ0) is 39.5. The molecule has 9 rings (SSSR count). The van der Waals surface area contributed by atoms with Crippen LogP contribution in [0.3, 0.4) is 0 Å². The Kier molecular flexibility index (Phi) is 12.0. The highest BCUT2D eigenvalue weighted by Crippen LogP contribution is 2.33. The molecular formula is C42H51N9O7. The van der Waals surface area contributed by atoms with E-state index in [0.29, 0.717) is 79.8 Å². The zero-order valence-corrected chi connectivity index (χ0v) is 32.3. The Hall–Kier alpha value is -5.87. The first-order valence-corrected chi connectivity index (χ1v) is 19.4. The number of phenolic OH excluding ortho intramolecular Hbond substituents is 2. The van der Waals surface area contributed by atoms with E-state index in [-0.39, 0.29) is 37.2 Å². The largest absolute Gasteiger partial charge is 0.508 e. The van der Waals surface area contributed by atoms with Gasteiger partial charge in [0.15, 0.2) is 23.5 Å². The summed E-state index contributed by atoms with van der Waals surface area (Å²) >= 11 is 0. The number of likely N-dealkylation sites (tertiary alicyclic amines) is 1. The van der Waals surface area contributed by atoms with Crippen molar-refractivity contribution in [1.29, 1.82) is 0 Å². The van der Waals surface area contributed by atoms with Gasteiger partial charge in [0.2, 0.25) is 11.8 Å². The molecule has 4 aliphatic rings. The molecule has 3 fully saturated rings. The van der Waals surface area contributed by atoms with Gasteiger partial charge in [-0.3, -0.25) is 4.99 Å². The summed E-state index contributed by atoms with van der Waals surface area (Å²) in [7, 11) is 0. The maximum atomic E-state index is 12.2. The minimum atomic E-state index is -0.516. The number of aromatic nitrogens is 6. The summed E-state index contributed by atoms with van der Waals surface area (Å²) in [6.45, 7) is 11.0. The van der Waals surface area contributed by atoms with Crippen molar-refractivity contribution in [1.82, 2.24) is 39.9 Å². The number of fused-ring (bicyclic) bond motifs is 2. The molecule has 0 saturated carbocycles. The number of aliphatic imine (C=N–C) groups is 1. The zero-order valence-electron chi connectivity index (χ0n) is 32.3. The van der Waals surface area contributed by atoms with Crippen LogP contribution >= 0.6 is 0 Å². The highest BCUT2D eigenvalue weighted by molar-refractivity contribution is 5.87. The van der Waals surface area contributed by atoms with Crippen LogP contribution in [-0.2, 0) is 16.0 Å². The molecule has 1 atom stereocenters. The number of phenols is 2. The van der Waals surface area contributed by atoms with Crippen molar-refractivity contribution in [3.63, 3.8) is 0 Å². The van der Waals surface area contributed by atoms with E-state index in [4.69, 9.17) is 23.9 Å². The number of hydrogen-bond acceptors (Lipinski definition) is 14. The van der Waals surface area contributed by atoms with Crippen molar-refractivity contribution in [3.05, 3.63) is 66.0 Å². The molecule has 306 valence electrons. The molecular weight excluding hydrogens is 743 g/mol. The Balaban J connectivity index is 0.000000191. The fourth-order valence-electron chi connectivity index (χ4n) is 6.70. The lowest BCUT2D eigenvalue weighted by molar-refractivity contribution is -0.0370. The highest BCUT2D eigenvalue weighted by Gasteiger charge is 2.34. The van der Waals surface area contributed by atoms with Gasteiger partial charge in [-0.25, -0.2) is 19.4 Å². The summed E-state index contributed by atoms with van der Waals surface area (Å²) in [5.41, 5.74) is 3.51. The van der Waals surface area contributed by atoms with Gasteiger partial charge in [-0.15, -0.1) is 0 Å². The second-order valence-electron chi connectivity index (χ2n) is 15.7. The molecule has 3 saturated heterocycles. The summed E-state index contributed by atoms with van der Waals surface area (Å²) in [6, 6.07) is 13.6. The molecule has 4 aliphatic heterocycles. The Morgan fingerprint density at radius 3 is 2.12 bits per heavy atom. The molecule has 16 heteroatoms. The quantitative estimate of drug-likeness (QED) is 0.154. The number of aromatic hydroxyl groups is 2. The number of carbonyl (C=O) groups is 1. The number of rotatable bonds is 9. The smallest absolute Gasteiger partial charge is 0.410 e. The van der Waals surface area contributed by atoms with E-state index in [0.717, 1.165) is 54.7 Å². The van der Waals surface area contributed by atoms with Crippen molar-refractivity contribution >= 4 is 23.3 Å². The van der Waals surface area contributed by atoms with Gasteiger partial charge in [0, 0.05) is 62.0 Å². The van der Waals surface area contributed by atoms with Crippen LogP contribution in [-0.4, -0.2) is 109 Å². The second kappa shape index (κ2) is 17.3. The molecule has 3 N–H and O–H groups in total. The predicted molar refractivity (Wildman–Crippen MR) is 217 cm³/mol. The minimum Gasteiger partial charge on any atom is -0.508 e. The van der Waals surface area contributed by atoms with Gasteiger partial charge in [-0.05, 0) is 88.6 Å². The summed E-state index contributed by atoms with van der Waals surface area (Å²) in [4.78, 5) is 36.7. The normalized spacial score (nSPS) is 17.6. The summed E-state index contributed by atoms with van der Waals surface area (Å²) in [6.07, 6.45) is 6.00. The van der Waals surface area contributed by atoms with Crippen LogP contribution < -0.4 is 14.8 Å². The fourth-order valence-corrected chi connectivity index (χ4v) is 6.70. The number of hydrogen-bond donors (Lipinski definition) is 3. The molecule has 1 unspecified atom stereocenters. The maximum absolute atomic E-state index is 12.2. The topological polar surface area (TPSA) is 191 Å². The van der Waals surface area contributed by atoms with Crippen LogP contribution in [0.2, 0.25) is 0 Å². The molecule has 0 aliphatic carbocycles. The van der Waals surface area contributed by atoms with E-state index in [2.05, 4.69) is 30.4 Å². The number of ether oxygens (including phenoxy) is 4. The van der Waals surface area contributed by atoms with Gasteiger partial charge in [-0.2, -0.15) is 15.1 Å². The molecule has 0 spiro atoms. The van der Waals surface area contributed by atoms with E-state index in [9.17, 15) is 15.0 Å². The lowest BCUT2D eigenvalue weighted by Gasteiger charge is -2.39. The average molecular weight is 794 g/mol. The Bertz CT molecular complexity index is 2220. The molecule has 0 radical (unpaired) electrons. The third-order valence-electron chi connectivity index (χ3n) is 9.94. The summed E-state index contributed by atoms with van der Waals surface area (Å²) in [5, 5.41) is 27.6. The summed E-state index contributed by atoms with van der Waals surface area (Å²) < 4.78 is 25.2. The monoisotopic (exact) mass is 793 g/mol. The Morgan fingerprint density at radius 1 is 0.862 bits per heavy atom. The standard InChI is InChI=1S/C25H31N5O5.C16H16N4O2.CH4/c1-25(2,3)35-24(32)29-13-16(14-29)15-34-23-19-12-26-30(20-6-4-5-11-33-20)22(19)27-21(28-23)17-7-9-18(31)10-8-17;21-12-3-1-11(2-4-12)15-19-14-8-18-7-13(14)16(20-15)22-9-10-5-17-6-10;/h7-10,12,16,20,31H,4-6,11,13-15H2,1-3H3;1-4,7,10,17,21H,5-6,8-9H2;1H4. The van der Waals surface area contributed by atoms with Crippen LogP contribution in [0.4, 0.5) is 4.79 Å². The van der Waals surface area contributed by atoms with Gasteiger partial charge in [-0.1, -0.05) is 7.43 Å². The van der Waals surface area contributed by atoms with Gasteiger partial charge < -0.3 is 39.4 Å². The van der Waals surface area contributed by atoms with Crippen LogP contribution in [0, 0.1) is 11.8 Å². The lowest BCUT2D eigenvalue weighted by atomic mass is 10.0. The van der Waals surface area contributed by atoms with Gasteiger partial charge in [0.1, 0.15) is 22.5 Å². The second-order valence-corrected chi connectivity index (χ2v) is 15.7. The third kappa shape index (κ3) is 9.29. The lowest BCUT2D eigenvalue weighted by Crippen LogP contribution is -2.53.